The Morgan fingerprint density at radius 3 is 2.60 bits per heavy atom. The van der Waals surface area contributed by atoms with Gasteiger partial charge in [-0.25, -0.2) is 14.0 Å². The average molecular weight is 488 g/mol. The maximum Gasteiger partial charge on any atom is 0.410 e. The number of hydrogen-bond donors (Lipinski definition) is 2. The third-order valence-electron chi connectivity index (χ3n) is 5.44. The Morgan fingerprint density at radius 2 is 1.94 bits per heavy atom. The summed E-state index contributed by atoms with van der Waals surface area (Å²) in [6.45, 7) is 9.50. The van der Waals surface area contributed by atoms with Gasteiger partial charge >= 0.3 is 12.1 Å². The molecule has 10 heteroatoms. The van der Waals surface area contributed by atoms with Crippen LogP contribution in [0.15, 0.2) is 36.5 Å². The largest absolute Gasteiger partial charge is 0.444 e. The Morgan fingerprint density at radius 1 is 1.17 bits per heavy atom. The number of aryl methyl sites for hydroxylation is 1. The molecular formula is C25H34FN5O4. The van der Waals surface area contributed by atoms with Crippen LogP contribution in [-0.2, 0) is 16.0 Å². The number of ether oxygens (including phenoxy) is 2. The van der Waals surface area contributed by atoms with E-state index in [1.807, 2.05) is 27.7 Å². The lowest BCUT2D eigenvalue weighted by Gasteiger charge is -2.41. The molecule has 0 spiro atoms. The second kappa shape index (κ2) is 11.5. The maximum absolute atomic E-state index is 15.2. The summed E-state index contributed by atoms with van der Waals surface area (Å²) < 4.78 is 26.1. The number of rotatable bonds is 6. The van der Waals surface area contributed by atoms with Crippen LogP contribution in [0.4, 0.5) is 25.4 Å². The summed E-state index contributed by atoms with van der Waals surface area (Å²) in [5, 5.41) is 5.21. The van der Waals surface area contributed by atoms with Crippen molar-refractivity contribution in [1.82, 2.24) is 14.8 Å². The van der Waals surface area contributed by atoms with Gasteiger partial charge in [0.05, 0.1) is 30.2 Å². The minimum Gasteiger partial charge on any atom is -0.444 e. The molecule has 2 heterocycles. The molecule has 2 N–H and O–H groups in total. The topological polar surface area (TPSA) is 96.0 Å². The predicted molar refractivity (Wildman–Crippen MR) is 132 cm³/mol. The van der Waals surface area contributed by atoms with Crippen molar-refractivity contribution in [2.24, 2.45) is 0 Å². The molecule has 0 unspecified atom stereocenters. The van der Waals surface area contributed by atoms with E-state index >= 15 is 4.39 Å². The van der Waals surface area contributed by atoms with E-state index in [1.54, 1.807) is 36.3 Å². The van der Waals surface area contributed by atoms with Crippen molar-refractivity contribution in [2.75, 3.05) is 44.0 Å². The van der Waals surface area contributed by atoms with Crippen LogP contribution in [0.25, 0.3) is 0 Å². The van der Waals surface area contributed by atoms with Crippen LogP contribution in [0.1, 0.15) is 32.0 Å². The van der Waals surface area contributed by atoms with Crippen molar-refractivity contribution in [1.29, 1.82) is 0 Å². The number of halogens is 1. The van der Waals surface area contributed by atoms with Crippen molar-refractivity contribution in [3.05, 3.63) is 53.6 Å². The molecule has 190 valence electrons. The van der Waals surface area contributed by atoms with Crippen LogP contribution in [0.5, 0.6) is 0 Å². The van der Waals surface area contributed by atoms with Gasteiger partial charge in [0.15, 0.2) is 5.82 Å². The van der Waals surface area contributed by atoms with Crippen LogP contribution in [0.3, 0.4) is 0 Å². The van der Waals surface area contributed by atoms with Crippen LogP contribution in [0.2, 0.25) is 0 Å². The van der Waals surface area contributed by atoms with Gasteiger partial charge < -0.3 is 25.0 Å². The third kappa shape index (κ3) is 7.63. The fourth-order valence-corrected chi connectivity index (χ4v) is 3.82. The summed E-state index contributed by atoms with van der Waals surface area (Å²) >= 11 is 0. The summed E-state index contributed by atoms with van der Waals surface area (Å²) in [6, 6.07) is 7.62. The molecule has 1 saturated heterocycles. The Kier molecular flexibility index (Phi) is 8.63. The molecule has 3 rings (SSSR count). The van der Waals surface area contributed by atoms with Gasteiger partial charge in [-0.05, 0) is 45.9 Å². The molecule has 1 aromatic carbocycles. The molecule has 1 fully saturated rings. The van der Waals surface area contributed by atoms with Gasteiger partial charge in [0.25, 0.3) is 0 Å². The minimum atomic E-state index is -0.593. The molecule has 0 bridgehead atoms. The molecule has 1 aromatic heterocycles. The van der Waals surface area contributed by atoms with Crippen LogP contribution in [0, 0.1) is 12.7 Å². The molecular weight excluding hydrogens is 453 g/mol. The van der Waals surface area contributed by atoms with Gasteiger partial charge in [-0.15, -0.1) is 0 Å². The zero-order valence-electron chi connectivity index (χ0n) is 20.9. The fraction of sp³-hybridized carbons (Fsp3) is 0.480. The van der Waals surface area contributed by atoms with Gasteiger partial charge in [-0.3, -0.25) is 9.88 Å². The van der Waals surface area contributed by atoms with Crippen LogP contribution in [-0.4, -0.2) is 71.9 Å². The van der Waals surface area contributed by atoms with Crippen molar-refractivity contribution in [3.63, 3.8) is 0 Å². The normalized spacial score (nSPS) is 16.6. The highest BCUT2D eigenvalue weighted by molar-refractivity contribution is 5.99. The van der Waals surface area contributed by atoms with E-state index in [2.05, 4.69) is 20.5 Å². The third-order valence-corrected chi connectivity index (χ3v) is 5.44. The van der Waals surface area contributed by atoms with E-state index in [0.29, 0.717) is 44.0 Å². The average Bonchev–Trinajstić information content (AvgIpc) is 2.77. The molecule has 1 aliphatic heterocycles. The number of urea groups is 1. The Labute approximate surface area is 205 Å². The minimum absolute atomic E-state index is 0.0842. The van der Waals surface area contributed by atoms with Crippen LogP contribution >= 0.6 is 0 Å². The number of aromatic nitrogens is 1. The van der Waals surface area contributed by atoms with Gasteiger partial charge in [0.1, 0.15) is 5.60 Å². The number of amides is 3. The Balaban J connectivity index is 1.63. The molecule has 2 aromatic rings. The first-order chi connectivity index (χ1) is 16.6. The smallest absolute Gasteiger partial charge is 0.410 e. The van der Waals surface area contributed by atoms with Crippen molar-refractivity contribution in [2.45, 2.75) is 45.9 Å². The molecule has 0 saturated carbocycles. The van der Waals surface area contributed by atoms with Crippen LogP contribution < -0.4 is 10.6 Å². The lowest BCUT2D eigenvalue weighted by molar-refractivity contribution is -0.0175. The fourth-order valence-electron chi connectivity index (χ4n) is 3.82. The highest BCUT2D eigenvalue weighted by atomic mass is 19.1. The molecule has 9 nitrogen and oxygen atoms in total. The molecule has 0 radical (unpaired) electrons. The van der Waals surface area contributed by atoms with Crippen molar-refractivity contribution >= 4 is 23.5 Å². The zero-order valence-corrected chi connectivity index (χ0v) is 20.9. The molecule has 1 atom stereocenters. The number of hydrogen-bond acceptors (Lipinski definition) is 6. The van der Waals surface area contributed by atoms with Gasteiger partial charge in [0, 0.05) is 44.5 Å². The second-order valence-corrected chi connectivity index (χ2v) is 9.56. The lowest BCUT2D eigenvalue weighted by Crippen LogP contribution is -2.57. The van der Waals surface area contributed by atoms with Gasteiger partial charge in [0.2, 0.25) is 0 Å². The molecule has 3 amide bonds. The Hall–Kier alpha value is -3.24. The van der Waals surface area contributed by atoms with Gasteiger partial charge in [-0.2, -0.15) is 0 Å². The van der Waals surface area contributed by atoms with E-state index in [0.717, 1.165) is 5.69 Å². The van der Waals surface area contributed by atoms with E-state index in [1.165, 1.54) is 12.3 Å². The first-order valence-electron chi connectivity index (χ1n) is 11.5. The number of benzene rings is 1. The summed E-state index contributed by atoms with van der Waals surface area (Å²) in [5.41, 5.74) is 1.28. The second-order valence-electron chi connectivity index (χ2n) is 9.56. The predicted octanol–water partition coefficient (Wildman–Crippen LogP) is 4.24. The number of nitrogens with one attached hydrogen (secondary N) is 2. The van der Waals surface area contributed by atoms with E-state index < -0.39 is 17.4 Å². The summed E-state index contributed by atoms with van der Waals surface area (Å²) in [6.07, 6.45) is 1.15. The number of anilines is 2. The zero-order chi connectivity index (χ0) is 25.6. The highest BCUT2D eigenvalue weighted by Gasteiger charge is 2.33. The molecule has 0 aliphatic carbocycles. The number of carbonyl (C=O) groups is 2. The van der Waals surface area contributed by atoms with Crippen molar-refractivity contribution in [3.8, 4) is 0 Å². The molecule has 35 heavy (non-hydrogen) atoms. The number of piperazine rings is 1. The Bertz CT molecular complexity index is 1030. The monoisotopic (exact) mass is 487 g/mol. The number of nitrogens with zero attached hydrogens (tertiary/aromatic N) is 3. The number of carbonyl (C=O) groups excluding carboxylic acids is 2. The van der Waals surface area contributed by atoms with E-state index in [4.69, 9.17) is 9.47 Å². The quantitative estimate of drug-likeness (QED) is 0.633. The van der Waals surface area contributed by atoms with E-state index in [-0.39, 0.29) is 17.8 Å². The first-order valence-corrected chi connectivity index (χ1v) is 11.5. The molecule has 1 aliphatic rings. The number of methoxy groups -OCH3 is 1. The lowest BCUT2D eigenvalue weighted by atomic mass is 10.1. The summed E-state index contributed by atoms with van der Waals surface area (Å²) in [7, 11) is 1.58. The van der Waals surface area contributed by atoms with E-state index in [9.17, 15) is 9.59 Å². The summed E-state index contributed by atoms with van der Waals surface area (Å²) in [4.78, 5) is 32.8. The van der Waals surface area contributed by atoms with Gasteiger partial charge in [-0.1, -0.05) is 12.1 Å². The SMILES string of the molecule is COC[C@H]1CN(Cc2cccc(NC(=O)Nc3ccc(C)nc3)c2F)CCN1C(=O)OC(C)(C)C. The van der Waals surface area contributed by atoms with Crippen molar-refractivity contribution < 1.29 is 23.5 Å². The first kappa shape index (κ1) is 26.4. The summed E-state index contributed by atoms with van der Waals surface area (Å²) in [5.74, 6) is -0.498. The standard InChI is InChI=1S/C25H34FN5O4/c1-17-9-10-19(13-27-17)28-23(32)29-21-8-6-7-18(22(21)26)14-30-11-12-31(20(15-30)16-34-5)24(33)35-25(2,3)4/h6-10,13,20H,11-12,14-16H2,1-5H3,(H2,28,29,32)/t20-/m1/s1. The number of pyridine rings is 1. The maximum atomic E-state index is 15.2. The highest BCUT2D eigenvalue weighted by Crippen LogP contribution is 2.22.